The molecule has 96 valence electrons. The van der Waals surface area contributed by atoms with Gasteiger partial charge in [0.25, 0.3) is 0 Å². The fourth-order valence-corrected chi connectivity index (χ4v) is 2.65. The van der Waals surface area contributed by atoms with Crippen LogP contribution in [0.25, 0.3) is 0 Å². The molecule has 6 heteroatoms. The first kappa shape index (κ1) is 12.9. The third kappa shape index (κ3) is 3.24. The van der Waals surface area contributed by atoms with E-state index in [-0.39, 0.29) is 11.9 Å². The van der Waals surface area contributed by atoms with Gasteiger partial charge in [-0.25, -0.2) is 0 Å². The van der Waals surface area contributed by atoms with Crippen molar-refractivity contribution in [2.75, 3.05) is 23.4 Å². The van der Waals surface area contributed by atoms with Crippen LogP contribution in [0, 0.1) is 0 Å². The van der Waals surface area contributed by atoms with Crippen molar-refractivity contribution in [2.45, 2.75) is 6.04 Å². The number of amides is 2. The van der Waals surface area contributed by atoms with Gasteiger partial charge in [-0.2, -0.15) is 11.8 Å². The van der Waals surface area contributed by atoms with Crippen molar-refractivity contribution >= 4 is 29.3 Å². The monoisotopic (exact) mass is 265 g/mol. The second-order valence-corrected chi connectivity index (χ2v) is 5.17. The van der Waals surface area contributed by atoms with Gasteiger partial charge in [-0.3, -0.25) is 9.59 Å². The molecule has 1 saturated heterocycles. The van der Waals surface area contributed by atoms with Crippen LogP contribution in [0.5, 0.6) is 0 Å². The molecule has 2 rings (SSSR count). The Morgan fingerprint density at radius 2 is 2.28 bits per heavy atom. The zero-order valence-electron chi connectivity index (χ0n) is 9.81. The maximum atomic E-state index is 11.9. The lowest BCUT2D eigenvalue weighted by Gasteiger charge is -2.22. The average molecular weight is 265 g/mol. The van der Waals surface area contributed by atoms with Gasteiger partial charge in [0.15, 0.2) is 0 Å². The minimum absolute atomic E-state index is 0.0798. The van der Waals surface area contributed by atoms with Crippen LogP contribution in [0.15, 0.2) is 24.3 Å². The highest BCUT2D eigenvalue weighted by Gasteiger charge is 2.20. The Morgan fingerprint density at radius 3 is 2.94 bits per heavy atom. The van der Waals surface area contributed by atoms with Crippen LogP contribution >= 0.6 is 11.8 Å². The molecule has 0 radical (unpaired) electrons. The van der Waals surface area contributed by atoms with Crippen molar-refractivity contribution in [3.8, 4) is 0 Å². The normalized spacial score (nSPS) is 19.2. The van der Waals surface area contributed by atoms with E-state index in [1.54, 1.807) is 36.0 Å². The zero-order valence-corrected chi connectivity index (χ0v) is 10.6. The Kier molecular flexibility index (Phi) is 4.22. The van der Waals surface area contributed by atoms with Crippen LogP contribution < -0.4 is 16.4 Å². The summed E-state index contributed by atoms with van der Waals surface area (Å²) in [5, 5.41) is 5.94. The summed E-state index contributed by atoms with van der Waals surface area (Å²) in [5.41, 5.74) is 6.17. The molecule has 1 aromatic rings. The van der Waals surface area contributed by atoms with Gasteiger partial charge in [-0.05, 0) is 18.2 Å². The van der Waals surface area contributed by atoms with Crippen LogP contribution in [0.2, 0.25) is 0 Å². The summed E-state index contributed by atoms with van der Waals surface area (Å²) in [6.45, 7) is 0.837. The van der Waals surface area contributed by atoms with Crippen molar-refractivity contribution in [3.63, 3.8) is 0 Å². The molecule has 1 atom stereocenters. The van der Waals surface area contributed by atoms with Crippen molar-refractivity contribution in [2.24, 2.45) is 5.73 Å². The van der Waals surface area contributed by atoms with Gasteiger partial charge in [0.2, 0.25) is 11.8 Å². The molecule has 1 fully saturated rings. The molecule has 0 aliphatic carbocycles. The van der Waals surface area contributed by atoms with E-state index in [0.717, 1.165) is 18.1 Å². The van der Waals surface area contributed by atoms with Crippen molar-refractivity contribution in [3.05, 3.63) is 29.8 Å². The number of carbonyl (C=O) groups is 2. The molecule has 1 heterocycles. The number of nitrogens with two attached hydrogens (primary N) is 1. The lowest BCUT2D eigenvalue weighted by molar-refractivity contribution is -0.117. The van der Waals surface area contributed by atoms with Gasteiger partial charge in [0.05, 0.1) is 6.04 Å². The summed E-state index contributed by atoms with van der Waals surface area (Å²) >= 11 is 1.75. The van der Waals surface area contributed by atoms with Crippen LogP contribution in [0.3, 0.4) is 0 Å². The number of anilines is 1. The Balaban J connectivity index is 2.02. The minimum atomic E-state index is -0.502. The van der Waals surface area contributed by atoms with Gasteiger partial charge in [0, 0.05) is 29.3 Å². The topological polar surface area (TPSA) is 84.2 Å². The third-order valence-electron chi connectivity index (χ3n) is 2.65. The molecule has 1 aliphatic heterocycles. The van der Waals surface area contributed by atoms with E-state index in [2.05, 4.69) is 10.6 Å². The summed E-state index contributed by atoms with van der Waals surface area (Å²) < 4.78 is 0. The van der Waals surface area contributed by atoms with Crippen molar-refractivity contribution in [1.82, 2.24) is 5.32 Å². The highest BCUT2D eigenvalue weighted by Crippen LogP contribution is 2.13. The Bertz CT molecular complexity index is 458. The number of benzene rings is 1. The van der Waals surface area contributed by atoms with Crippen LogP contribution in [0.4, 0.5) is 5.69 Å². The van der Waals surface area contributed by atoms with Gasteiger partial charge in [-0.1, -0.05) is 6.07 Å². The van der Waals surface area contributed by atoms with Gasteiger partial charge < -0.3 is 16.4 Å². The number of carbonyl (C=O) groups excluding carboxylic acids is 2. The van der Waals surface area contributed by atoms with E-state index < -0.39 is 5.91 Å². The second-order valence-electron chi connectivity index (χ2n) is 4.02. The highest BCUT2D eigenvalue weighted by atomic mass is 32.2. The number of thioether (sulfide) groups is 1. The Labute approximate surface area is 110 Å². The predicted octanol–water partition coefficient (Wildman–Crippen LogP) is 0.429. The molecular formula is C12H15N3O2S. The van der Waals surface area contributed by atoms with Crippen LogP contribution in [-0.2, 0) is 4.79 Å². The van der Waals surface area contributed by atoms with E-state index in [1.165, 1.54) is 0 Å². The SMILES string of the molecule is NC(=O)c1cccc(NC(=O)C2CSCCN2)c1. The van der Waals surface area contributed by atoms with Gasteiger partial charge in [0.1, 0.15) is 0 Å². The fourth-order valence-electron chi connectivity index (χ4n) is 1.71. The van der Waals surface area contributed by atoms with Crippen LogP contribution in [0.1, 0.15) is 10.4 Å². The molecule has 0 spiro atoms. The molecule has 1 aliphatic rings. The molecule has 18 heavy (non-hydrogen) atoms. The number of hydrogen-bond acceptors (Lipinski definition) is 4. The van der Waals surface area contributed by atoms with E-state index in [4.69, 9.17) is 5.73 Å². The third-order valence-corrected chi connectivity index (χ3v) is 3.71. The first-order valence-electron chi connectivity index (χ1n) is 5.68. The Hall–Kier alpha value is -1.53. The number of nitrogens with one attached hydrogen (secondary N) is 2. The summed E-state index contributed by atoms with van der Waals surface area (Å²) in [7, 11) is 0. The van der Waals surface area contributed by atoms with Crippen molar-refractivity contribution in [1.29, 1.82) is 0 Å². The molecule has 5 nitrogen and oxygen atoms in total. The highest BCUT2D eigenvalue weighted by molar-refractivity contribution is 7.99. The number of rotatable bonds is 3. The summed E-state index contributed by atoms with van der Waals surface area (Å²) in [4.78, 5) is 23.0. The predicted molar refractivity (Wildman–Crippen MR) is 72.7 cm³/mol. The quantitative estimate of drug-likeness (QED) is 0.740. The zero-order chi connectivity index (χ0) is 13.0. The smallest absolute Gasteiger partial charge is 0.248 e. The molecule has 1 unspecified atom stereocenters. The van der Waals surface area contributed by atoms with Crippen molar-refractivity contribution < 1.29 is 9.59 Å². The van der Waals surface area contributed by atoms with Crippen LogP contribution in [-0.4, -0.2) is 35.9 Å². The number of hydrogen-bond donors (Lipinski definition) is 3. The van der Waals surface area contributed by atoms with Gasteiger partial charge in [-0.15, -0.1) is 0 Å². The molecule has 2 amide bonds. The molecule has 0 aromatic heterocycles. The maximum absolute atomic E-state index is 11.9. The lowest BCUT2D eigenvalue weighted by Crippen LogP contribution is -2.46. The second kappa shape index (κ2) is 5.88. The standard InChI is InChI=1S/C12H15N3O2S/c13-11(16)8-2-1-3-9(6-8)15-12(17)10-7-18-5-4-14-10/h1-3,6,10,14H,4-5,7H2,(H2,13,16)(H,15,17). The fraction of sp³-hybridized carbons (Fsp3) is 0.333. The molecule has 0 saturated carbocycles. The lowest BCUT2D eigenvalue weighted by atomic mass is 10.2. The molecule has 4 N–H and O–H groups in total. The molecule has 0 bridgehead atoms. The first-order chi connectivity index (χ1) is 8.66. The van der Waals surface area contributed by atoms with E-state index in [1.807, 2.05) is 0 Å². The molecular weight excluding hydrogens is 250 g/mol. The van der Waals surface area contributed by atoms with Gasteiger partial charge >= 0.3 is 0 Å². The first-order valence-corrected chi connectivity index (χ1v) is 6.84. The average Bonchev–Trinajstić information content (AvgIpc) is 2.40. The Morgan fingerprint density at radius 1 is 1.44 bits per heavy atom. The summed E-state index contributed by atoms with van der Waals surface area (Å²) in [5.74, 6) is 1.21. The van der Waals surface area contributed by atoms with E-state index in [0.29, 0.717) is 11.3 Å². The molecule has 1 aromatic carbocycles. The van der Waals surface area contributed by atoms with E-state index in [9.17, 15) is 9.59 Å². The minimum Gasteiger partial charge on any atom is -0.366 e. The number of primary amides is 1. The van der Waals surface area contributed by atoms with E-state index >= 15 is 0 Å². The summed E-state index contributed by atoms with van der Waals surface area (Å²) in [6, 6.07) is 6.45. The maximum Gasteiger partial charge on any atom is 0.248 e. The summed E-state index contributed by atoms with van der Waals surface area (Å²) in [6.07, 6.45) is 0. The largest absolute Gasteiger partial charge is 0.366 e.